The van der Waals surface area contributed by atoms with Crippen LogP contribution in [0, 0.1) is 0 Å². The number of benzene rings is 2. The molecule has 1 heterocycles. The lowest BCUT2D eigenvalue weighted by Gasteiger charge is -2.25. The second-order valence-electron chi connectivity index (χ2n) is 14.0. The highest BCUT2D eigenvalue weighted by atomic mass is 16.3. The van der Waals surface area contributed by atoms with E-state index in [0.717, 1.165) is 29.8 Å². The van der Waals surface area contributed by atoms with Gasteiger partial charge in [-0.25, -0.2) is 4.98 Å². The fourth-order valence-electron chi connectivity index (χ4n) is 3.87. The number of rotatable bonds is 2. The van der Waals surface area contributed by atoms with Crippen LogP contribution in [0.1, 0.15) is 125 Å². The number of nitrogens with zero attached hydrogens (tertiary/aromatic N) is 1. The van der Waals surface area contributed by atoms with Crippen molar-refractivity contribution < 1.29 is 9.52 Å². The predicted octanol–water partition coefficient (Wildman–Crippen LogP) is 9.36. The van der Waals surface area contributed by atoms with Gasteiger partial charge in [-0.1, -0.05) is 102 Å². The van der Waals surface area contributed by atoms with Gasteiger partial charge in [0.25, 0.3) is 0 Å². The number of aromatic hydroxyl groups is 1. The zero-order valence-electron chi connectivity index (χ0n) is 24.6. The van der Waals surface area contributed by atoms with Crippen molar-refractivity contribution in [1.29, 1.82) is 0 Å². The molecule has 0 aliphatic rings. The molecule has 0 amide bonds. The molecule has 0 aliphatic heterocycles. The lowest BCUT2D eigenvalue weighted by molar-refractivity contribution is 0.466. The van der Waals surface area contributed by atoms with E-state index in [1.807, 2.05) is 12.1 Å². The maximum absolute atomic E-state index is 9.72. The first kappa shape index (κ1) is 28.9. The quantitative estimate of drug-likeness (QED) is 0.398. The van der Waals surface area contributed by atoms with Gasteiger partial charge < -0.3 is 9.52 Å². The molecule has 35 heavy (non-hydrogen) atoms. The summed E-state index contributed by atoms with van der Waals surface area (Å²) in [5, 5.41) is 9.72. The first-order valence-electron chi connectivity index (χ1n) is 13.0. The van der Waals surface area contributed by atoms with Gasteiger partial charge in [-0.3, -0.25) is 0 Å². The fourth-order valence-corrected chi connectivity index (χ4v) is 3.87. The molecule has 0 saturated heterocycles. The normalized spacial score (nSPS) is 13.1. The lowest BCUT2D eigenvalue weighted by atomic mass is 9.80. The Morgan fingerprint density at radius 3 is 1.51 bits per heavy atom. The summed E-state index contributed by atoms with van der Waals surface area (Å²) in [7, 11) is 0. The standard InChI is InChI=1S/C18H27NO.C14H22O/c1-8-9-15-19-14-11-12(17(2,3)4)10-13(16(14)20-15)18(5,6)7;1-13(2,3)10-7-11(14(4,5)6)9-12(15)8-10/h10-11H,8-9H2,1-7H3;7-9,15H,1-6H3. The summed E-state index contributed by atoms with van der Waals surface area (Å²) in [6.07, 6.45) is 1.97. The number of aromatic nitrogens is 1. The van der Waals surface area contributed by atoms with Crippen molar-refractivity contribution in [3.63, 3.8) is 0 Å². The lowest BCUT2D eigenvalue weighted by Crippen LogP contribution is -2.16. The topological polar surface area (TPSA) is 46.3 Å². The largest absolute Gasteiger partial charge is 0.508 e. The van der Waals surface area contributed by atoms with Crippen LogP contribution in [0.2, 0.25) is 0 Å². The molecule has 0 aliphatic carbocycles. The van der Waals surface area contributed by atoms with E-state index in [1.54, 1.807) is 0 Å². The summed E-state index contributed by atoms with van der Waals surface area (Å²) in [6.45, 7) is 28.5. The maximum atomic E-state index is 9.72. The second kappa shape index (κ2) is 9.99. The highest BCUT2D eigenvalue weighted by molar-refractivity contribution is 5.79. The van der Waals surface area contributed by atoms with E-state index in [2.05, 4.69) is 113 Å². The van der Waals surface area contributed by atoms with Crippen molar-refractivity contribution in [2.24, 2.45) is 0 Å². The van der Waals surface area contributed by atoms with Gasteiger partial charge in [0, 0.05) is 12.0 Å². The van der Waals surface area contributed by atoms with Crippen molar-refractivity contribution >= 4 is 11.1 Å². The Bertz CT molecular complexity index is 1110. The van der Waals surface area contributed by atoms with E-state index in [9.17, 15) is 5.11 Å². The van der Waals surface area contributed by atoms with Crippen LogP contribution in [0.4, 0.5) is 0 Å². The fraction of sp³-hybridized carbons (Fsp3) is 0.594. The first-order valence-corrected chi connectivity index (χ1v) is 13.0. The average Bonchev–Trinajstić information content (AvgIpc) is 3.07. The number of fused-ring (bicyclic) bond motifs is 1. The van der Waals surface area contributed by atoms with Crippen molar-refractivity contribution in [1.82, 2.24) is 4.98 Å². The molecule has 0 unspecified atom stereocenters. The summed E-state index contributed by atoms with van der Waals surface area (Å²) in [5.41, 5.74) is 7.28. The number of oxazole rings is 1. The zero-order chi connectivity index (χ0) is 27.0. The maximum Gasteiger partial charge on any atom is 0.195 e. The summed E-state index contributed by atoms with van der Waals surface area (Å²) in [6, 6.07) is 10.4. The van der Waals surface area contributed by atoms with E-state index in [1.165, 1.54) is 22.3 Å². The van der Waals surface area contributed by atoms with Gasteiger partial charge in [0.15, 0.2) is 11.5 Å². The molecule has 3 heteroatoms. The summed E-state index contributed by atoms with van der Waals surface area (Å²) in [5.74, 6) is 1.23. The first-order chi connectivity index (χ1) is 15.7. The second-order valence-corrected chi connectivity index (χ2v) is 14.0. The molecule has 3 aromatic rings. The molecule has 3 nitrogen and oxygen atoms in total. The van der Waals surface area contributed by atoms with E-state index >= 15 is 0 Å². The Balaban J connectivity index is 0.000000258. The molecule has 0 radical (unpaired) electrons. The molecule has 2 aromatic carbocycles. The molecule has 1 N–H and O–H groups in total. The number of hydrogen-bond acceptors (Lipinski definition) is 3. The van der Waals surface area contributed by atoms with Gasteiger partial charge in [-0.2, -0.15) is 0 Å². The number of hydrogen-bond donors (Lipinski definition) is 1. The van der Waals surface area contributed by atoms with Gasteiger partial charge in [0.05, 0.1) is 0 Å². The molecule has 3 rings (SSSR count). The van der Waals surface area contributed by atoms with Crippen LogP contribution in [0.5, 0.6) is 5.75 Å². The average molecular weight is 480 g/mol. The van der Waals surface area contributed by atoms with E-state index < -0.39 is 0 Å². The minimum Gasteiger partial charge on any atom is -0.508 e. The van der Waals surface area contributed by atoms with E-state index in [0.29, 0.717) is 5.75 Å². The Labute approximate surface area is 214 Å². The smallest absolute Gasteiger partial charge is 0.195 e. The van der Waals surface area contributed by atoms with Crippen molar-refractivity contribution in [3.8, 4) is 5.75 Å². The molecule has 0 atom stereocenters. The summed E-state index contributed by atoms with van der Waals surface area (Å²) >= 11 is 0. The van der Waals surface area contributed by atoms with Crippen molar-refractivity contribution in [2.45, 2.75) is 125 Å². The SMILES string of the molecule is CC(C)(C)c1cc(O)cc(C(C)(C)C)c1.CCCc1nc2cc(C(C)(C)C)cc(C(C)(C)C)c2o1. The zero-order valence-corrected chi connectivity index (χ0v) is 24.6. The van der Waals surface area contributed by atoms with Gasteiger partial charge in [0.2, 0.25) is 0 Å². The van der Waals surface area contributed by atoms with Crippen LogP contribution in [-0.4, -0.2) is 10.1 Å². The Morgan fingerprint density at radius 2 is 1.11 bits per heavy atom. The summed E-state index contributed by atoms with van der Waals surface area (Å²) < 4.78 is 6.02. The highest BCUT2D eigenvalue weighted by Gasteiger charge is 2.25. The highest BCUT2D eigenvalue weighted by Crippen LogP contribution is 2.36. The Hall–Kier alpha value is -2.29. The number of phenolic OH excluding ortho intramolecular Hbond substituents is 1. The van der Waals surface area contributed by atoms with Gasteiger partial charge in [-0.05, 0) is 63.0 Å². The molecular weight excluding hydrogens is 430 g/mol. The van der Waals surface area contributed by atoms with Gasteiger partial charge in [-0.15, -0.1) is 0 Å². The molecule has 0 spiro atoms. The van der Waals surface area contributed by atoms with Crippen LogP contribution >= 0.6 is 0 Å². The molecular formula is C32H49NO2. The number of aryl methyl sites for hydroxylation is 1. The predicted molar refractivity (Wildman–Crippen MR) is 151 cm³/mol. The molecule has 0 saturated carbocycles. The van der Waals surface area contributed by atoms with Crippen molar-refractivity contribution in [2.75, 3.05) is 0 Å². The van der Waals surface area contributed by atoms with Crippen LogP contribution in [0.3, 0.4) is 0 Å². The monoisotopic (exact) mass is 479 g/mol. The number of phenols is 1. The van der Waals surface area contributed by atoms with Crippen LogP contribution in [0.15, 0.2) is 34.7 Å². The summed E-state index contributed by atoms with van der Waals surface area (Å²) in [4.78, 5) is 4.68. The third-order valence-corrected chi connectivity index (χ3v) is 6.32. The third kappa shape index (κ3) is 7.59. The molecule has 0 bridgehead atoms. The van der Waals surface area contributed by atoms with Crippen molar-refractivity contribution in [3.05, 3.63) is 58.5 Å². The van der Waals surface area contributed by atoms with Gasteiger partial charge in [0.1, 0.15) is 11.3 Å². The minimum absolute atomic E-state index is 0.0581. The minimum atomic E-state index is 0.0581. The third-order valence-electron chi connectivity index (χ3n) is 6.32. The van der Waals surface area contributed by atoms with Gasteiger partial charge >= 0.3 is 0 Å². The Morgan fingerprint density at radius 1 is 0.657 bits per heavy atom. The van der Waals surface area contributed by atoms with Crippen LogP contribution in [0.25, 0.3) is 11.1 Å². The van der Waals surface area contributed by atoms with E-state index in [-0.39, 0.29) is 21.7 Å². The molecule has 0 fully saturated rings. The van der Waals surface area contributed by atoms with Crippen LogP contribution < -0.4 is 0 Å². The molecule has 1 aromatic heterocycles. The molecule has 194 valence electrons. The van der Waals surface area contributed by atoms with E-state index in [4.69, 9.17) is 4.42 Å². The Kier molecular flexibility index (Phi) is 8.26. The van der Waals surface area contributed by atoms with Crippen LogP contribution in [-0.2, 0) is 28.1 Å².